The number of rotatable bonds is 6. The number of carbonyl (C=O) groups excluding carboxylic acids is 1. The summed E-state index contributed by atoms with van der Waals surface area (Å²) in [6, 6.07) is 0. The van der Waals surface area contributed by atoms with Crippen molar-refractivity contribution in [1.82, 2.24) is 10.2 Å². The summed E-state index contributed by atoms with van der Waals surface area (Å²) in [5, 5.41) is 8.00. The third-order valence-electron chi connectivity index (χ3n) is 2.42. The van der Waals surface area contributed by atoms with Gasteiger partial charge in [-0.3, -0.25) is 4.79 Å². The van der Waals surface area contributed by atoms with Gasteiger partial charge in [0, 0.05) is 18.8 Å². The highest BCUT2D eigenvalue weighted by Gasteiger charge is 2.29. The lowest BCUT2D eigenvalue weighted by Crippen LogP contribution is -1.89. The van der Waals surface area contributed by atoms with E-state index in [0.29, 0.717) is 12.3 Å². The van der Waals surface area contributed by atoms with Gasteiger partial charge in [-0.25, -0.2) is 0 Å². The lowest BCUT2D eigenvalue weighted by molar-refractivity contribution is -0.109. The molecule has 1 fully saturated rings. The molecule has 0 atom stereocenters. The zero-order valence-corrected chi connectivity index (χ0v) is 10.6. The van der Waals surface area contributed by atoms with Crippen LogP contribution in [0.4, 0.5) is 0 Å². The minimum absolute atomic E-state index is 0.219. The Hall–Kier alpha value is -0.460. The predicted octanol–water partition coefficient (Wildman–Crippen LogP) is 2.62. The van der Waals surface area contributed by atoms with Gasteiger partial charge < -0.3 is 4.42 Å². The van der Waals surface area contributed by atoms with E-state index in [4.69, 9.17) is 4.42 Å². The van der Waals surface area contributed by atoms with Gasteiger partial charge in [-0.1, -0.05) is 0 Å². The Labute approximate surface area is 102 Å². The molecule has 4 nitrogen and oxygen atoms in total. The van der Waals surface area contributed by atoms with E-state index in [9.17, 15) is 4.79 Å². The van der Waals surface area contributed by atoms with Gasteiger partial charge in [-0.05, 0) is 48.3 Å². The molecule has 0 bridgehead atoms. The fourth-order valence-electron chi connectivity index (χ4n) is 1.40. The zero-order valence-electron chi connectivity index (χ0n) is 8.41. The number of carbonyl (C=O) groups is 1. The molecular weight excluding hydrogens is 307 g/mol. The third-order valence-corrected chi connectivity index (χ3v) is 2.96. The number of halogens is 1. The molecule has 0 spiro atoms. The van der Waals surface area contributed by atoms with E-state index < -0.39 is 0 Å². The van der Waals surface area contributed by atoms with Crippen LogP contribution in [0, 0.1) is 0 Å². The third kappa shape index (κ3) is 3.55. The van der Waals surface area contributed by atoms with E-state index in [2.05, 4.69) is 10.2 Å². The molecule has 1 aromatic heterocycles. The number of unbranched alkanes of at least 4 members (excludes halogenated alkanes) is 1. The molecule has 0 radical (unpaired) electrons. The summed E-state index contributed by atoms with van der Waals surface area (Å²) in [6.45, 7) is 0. The van der Waals surface area contributed by atoms with Crippen LogP contribution >= 0.6 is 22.6 Å². The Kier molecular flexibility index (Phi) is 3.71. The quantitative estimate of drug-likeness (QED) is 0.459. The molecule has 0 aromatic carbocycles. The van der Waals surface area contributed by atoms with E-state index in [-0.39, 0.29) is 3.79 Å². The summed E-state index contributed by atoms with van der Waals surface area (Å²) in [7, 11) is 0. The second-order valence-electron chi connectivity index (χ2n) is 3.87. The maximum Gasteiger partial charge on any atom is 0.219 e. The van der Waals surface area contributed by atoms with Crippen LogP contribution in [-0.4, -0.2) is 14.0 Å². The first-order valence-electron chi connectivity index (χ1n) is 5.26. The molecule has 1 aromatic rings. The van der Waals surface area contributed by atoms with Crippen molar-refractivity contribution >= 4 is 26.4 Å². The van der Waals surface area contributed by atoms with Gasteiger partial charge in [0.1, 0.15) is 0 Å². The minimum Gasteiger partial charge on any atom is -0.425 e. The second kappa shape index (κ2) is 5.05. The van der Waals surface area contributed by atoms with E-state index >= 15 is 0 Å². The van der Waals surface area contributed by atoms with Crippen molar-refractivity contribution in [3.8, 4) is 0 Å². The first kappa shape index (κ1) is 11.0. The number of hydrogen-bond acceptors (Lipinski definition) is 4. The first-order chi connectivity index (χ1) is 7.25. The van der Waals surface area contributed by atoms with Crippen molar-refractivity contribution in [1.29, 1.82) is 0 Å². The van der Waals surface area contributed by atoms with Crippen molar-refractivity contribution in [2.45, 2.75) is 44.4 Å². The highest BCUT2D eigenvalue weighted by Crippen LogP contribution is 2.39. The molecule has 1 heterocycles. The van der Waals surface area contributed by atoms with Crippen molar-refractivity contribution in [3.05, 3.63) is 11.8 Å². The molecule has 0 saturated heterocycles. The van der Waals surface area contributed by atoms with Crippen LogP contribution in [0.1, 0.15) is 49.8 Å². The fourth-order valence-corrected chi connectivity index (χ4v) is 1.78. The molecule has 0 unspecified atom stereocenters. The number of aromatic nitrogens is 2. The van der Waals surface area contributed by atoms with Crippen molar-refractivity contribution < 1.29 is 9.21 Å². The fraction of sp³-hybridized carbons (Fsp3) is 0.700. The normalized spacial score (nSPS) is 15.5. The number of nitrogens with zero attached hydrogens (tertiary/aromatic N) is 2. The number of hydrogen-bond donors (Lipinski definition) is 0. The maximum absolute atomic E-state index is 10.7. The molecular formula is C10H13IN2O2. The largest absolute Gasteiger partial charge is 0.425 e. The molecule has 2 rings (SSSR count). The van der Waals surface area contributed by atoms with Crippen LogP contribution in [-0.2, 0) is 11.2 Å². The molecule has 15 heavy (non-hydrogen) atoms. The number of aryl methyl sites for hydroxylation is 1. The average molecular weight is 320 g/mol. The zero-order chi connectivity index (χ0) is 10.7. The minimum atomic E-state index is 0.219. The van der Waals surface area contributed by atoms with Crippen LogP contribution < -0.4 is 0 Å². The molecule has 1 aliphatic carbocycles. The molecule has 0 N–H and O–H groups in total. The monoisotopic (exact) mass is 320 g/mol. The Bertz CT molecular complexity index is 347. The van der Waals surface area contributed by atoms with Gasteiger partial charge in [0.05, 0.1) is 0 Å². The van der Waals surface area contributed by atoms with Crippen LogP contribution in [0.25, 0.3) is 0 Å². The van der Waals surface area contributed by atoms with Crippen molar-refractivity contribution in [2.75, 3.05) is 0 Å². The topological polar surface area (TPSA) is 56.0 Å². The second-order valence-corrected chi connectivity index (χ2v) is 5.07. The summed E-state index contributed by atoms with van der Waals surface area (Å²) >= 11 is 1.83. The molecule has 82 valence electrons. The predicted molar refractivity (Wildman–Crippen MR) is 62.9 cm³/mol. The lowest BCUT2D eigenvalue weighted by atomic mass is 10.2. The Morgan fingerprint density at radius 3 is 2.87 bits per heavy atom. The highest BCUT2D eigenvalue weighted by atomic mass is 127. The summed E-state index contributed by atoms with van der Waals surface area (Å²) in [4.78, 5) is 10.7. The van der Waals surface area contributed by atoms with Crippen LogP contribution in [0.15, 0.2) is 4.42 Å². The Morgan fingerprint density at radius 1 is 1.40 bits per heavy atom. The highest BCUT2D eigenvalue weighted by molar-refractivity contribution is 14.1. The molecule has 1 aliphatic rings. The van der Waals surface area contributed by atoms with Crippen LogP contribution in [0.5, 0.6) is 0 Å². The van der Waals surface area contributed by atoms with Crippen LogP contribution in [0.2, 0.25) is 0 Å². The van der Waals surface area contributed by atoms with Gasteiger partial charge in [0.25, 0.3) is 0 Å². The SMILES string of the molecule is O=C(I)CCCCc1nnc(C2CC2)o1. The van der Waals surface area contributed by atoms with Gasteiger partial charge in [0.15, 0.2) is 3.79 Å². The summed E-state index contributed by atoms with van der Waals surface area (Å²) < 4.78 is 5.72. The summed E-state index contributed by atoms with van der Waals surface area (Å²) in [5.74, 6) is 2.05. The first-order valence-corrected chi connectivity index (χ1v) is 6.34. The maximum atomic E-state index is 10.7. The van der Waals surface area contributed by atoms with Crippen LogP contribution in [0.3, 0.4) is 0 Å². The molecule has 0 aliphatic heterocycles. The van der Waals surface area contributed by atoms with E-state index in [1.807, 2.05) is 22.6 Å². The van der Waals surface area contributed by atoms with Gasteiger partial charge in [0.2, 0.25) is 11.8 Å². The van der Waals surface area contributed by atoms with Gasteiger partial charge in [-0.2, -0.15) is 0 Å². The molecule has 1 saturated carbocycles. The lowest BCUT2D eigenvalue weighted by Gasteiger charge is -1.93. The smallest absolute Gasteiger partial charge is 0.219 e. The summed E-state index contributed by atoms with van der Waals surface area (Å²) in [6.07, 6.45) is 5.66. The standard InChI is InChI=1S/C10H13IN2O2/c11-8(14)3-1-2-4-9-12-13-10(15-9)7-5-6-7/h7H,1-6H2. The van der Waals surface area contributed by atoms with E-state index in [1.165, 1.54) is 12.8 Å². The van der Waals surface area contributed by atoms with Crippen molar-refractivity contribution in [2.24, 2.45) is 0 Å². The van der Waals surface area contributed by atoms with E-state index in [0.717, 1.165) is 31.0 Å². The molecule has 0 amide bonds. The summed E-state index contributed by atoms with van der Waals surface area (Å²) in [5.41, 5.74) is 0. The van der Waals surface area contributed by atoms with Gasteiger partial charge in [-0.15, -0.1) is 10.2 Å². The van der Waals surface area contributed by atoms with Crippen molar-refractivity contribution in [3.63, 3.8) is 0 Å². The molecule has 5 heteroatoms. The average Bonchev–Trinajstić information content (AvgIpc) is 2.94. The Morgan fingerprint density at radius 2 is 2.20 bits per heavy atom. The van der Waals surface area contributed by atoms with E-state index in [1.54, 1.807) is 0 Å². The van der Waals surface area contributed by atoms with Gasteiger partial charge >= 0.3 is 0 Å². The Balaban J connectivity index is 1.71.